The number of halogens is 1. The molecule has 0 aliphatic heterocycles. The van der Waals surface area contributed by atoms with Crippen molar-refractivity contribution in [3.63, 3.8) is 0 Å². The normalized spacial score (nSPS) is 10.9. The lowest BCUT2D eigenvalue weighted by molar-refractivity contribution is 0.0904. The summed E-state index contributed by atoms with van der Waals surface area (Å²) >= 11 is 5.97. The second kappa shape index (κ2) is 6.80. The lowest BCUT2D eigenvalue weighted by atomic mass is 9.88. The molecule has 0 N–H and O–H groups in total. The van der Waals surface area contributed by atoms with Crippen LogP contribution in [0, 0.1) is 12.8 Å². The molecule has 0 unspecified atom stereocenters. The van der Waals surface area contributed by atoms with Crippen molar-refractivity contribution in [2.75, 3.05) is 0 Å². The van der Waals surface area contributed by atoms with Crippen molar-refractivity contribution in [3.05, 3.63) is 34.3 Å². The standard InChI is InChI=1S/C15H21ClO/c1-4-6-12(7-5-2)15(17)14-10-13(16)9-8-11(14)3/h8-10,12H,4-7H2,1-3H3. The topological polar surface area (TPSA) is 17.1 Å². The second-order valence-electron chi connectivity index (χ2n) is 4.60. The van der Waals surface area contributed by atoms with E-state index >= 15 is 0 Å². The highest BCUT2D eigenvalue weighted by atomic mass is 35.5. The summed E-state index contributed by atoms with van der Waals surface area (Å²) in [6.45, 7) is 6.22. The second-order valence-corrected chi connectivity index (χ2v) is 5.03. The third-order valence-corrected chi connectivity index (χ3v) is 3.35. The van der Waals surface area contributed by atoms with E-state index in [1.807, 2.05) is 19.1 Å². The molecule has 0 aliphatic carbocycles. The van der Waals surface area contributed by atoms with Gasteiger partial charge in [0.2, 0.25) is 0 Å². The number of benzene rings is 1. The van der Waals surface area contributed by atoms with Gasteiger partial charge in [0, 0.05) is 16.5 Å². The van der Waals surface area contributed by atoms with Crippen LogP contribution in [0.2, 0.25) is 5.02 Å². The average Bonchev–Trinajstić information content (AvgIpc) is 2.31. The van der Waals surface area contributed by atoms with Crippen molar-refractivity contribution in [1.29, 1.82) is 0 Å². The van der Waals surface area contributed by atoms with Gasteiger partial charge in [0.1, 0.15) is 0 Å². The van der Waals surface area contributed by atoms with Crippen molar-refractivity contribution in [1.82, 2.24) is 0 Å². The van der Waals surface area contributed by atoms with Crippen molar-refractivity contribution in [2.24, 2.45) is 5.92 Å². The number of carbonyl (C=O) groups is 1. The van der Waals surface area contributed by atoms with Gasteiger partial charge < -0.3 is 0 Å². The number of rotatable bonds is 6. The summed E-state index contributed by atoms with van der Waals surface area (Å²) in [5, 5.41) is 0.644. The van der Waals surface area contributed by atoms with Crippen LogP contribution in [0.4, 0.5) is 0 Å². The first kappa shape index (κ1) is 14.2. The van der Waals surface area contributed by atoms with E-state index < -0.39 is 0 Å². The highest BCUT2D eigenvalue weighted by Gasteiger charge is 2.20. The van der Waals surface area contributed by atoms with Crippen molar-refractivity contribution < 1.29 is 4.79 Å². The lowest BCUT2D eigenvalue weighted by Gasteiger charge is -2.15. The largest absolute Gasteiger partial charge is 0.294 e. The van der Waals surface area contributed by atoms with E-state index in [1.165, 1.54) is 0 Å². The Bertz CT molecular complexity index is 379. The maximum Gasteiger partial charge on any atom is 0.166 e. The van der Waals surface area contributed by atoms with Crippen LogP contribution in [0.25, 0.3) is 0 Å². The maximum atomic E-state index is 12.4. The van der Waals surface area contributed by atoms with Gasteiger partial charge in [0.25, 0.3) is 0 Å². The number of ketones is 1. The van der Waals surface area contributed by atoms with E-state index in [1.54, 1.807) is 6.07 Å². The molecule has 0 aromatic heterocycles. The third-order valence-electron chi connectivity index (χ3n) is 3.11. The predicted octanol–water partition coefficient (Wildman–Crippen LogP) is 5.05. The number of hydrogen-bond acceptors (Lipinski definition) is 1. The quantitative estimate of drug-likeness (QED) is 0.648. The fourth-order valence-electron chi connectivity index (χ4n) is 2.18. The summed E-state index contributed by atoms with van der Waals surface area (Å²) in [5.41, 5.74) is 1.82. The minimum absolute atomic E-state index is 0.155. The summed E-state index contributed by atoms with van der Waals surface area (Å²) in [6.07, 6.45) is 4.04. The Balaban J connectivity index is 2.95. The van der Waals surface area contributed by atoms with Gasteiger partial charge in [-0.2, -0.15) is 0 Å². The zero-order chi connectivity index (χ0) is 12.8. The zero-order valence-corrected chi connectivity index (χ0v) is 11.7. The van der Waals surface area contributed by atoms with E-state index in [0.29, 0.717) is 5.02 Å². The average molecular weight is 253 g/mol. The Morgan fingerprint density at radius 3 is 2.35 bits per heavy atom. The van der Waals surface area contributed by atoms with Crippen LogP contribution < -0.4 is 0 Å². The van der Waals surface area contributed by atoms with Crippen LogP contribution in [0.15, 0.2) is 18.2 Å². The molecule has 0 saturated carbocycles. The van der Waals surface area contributed by atoms with Crippen LogP contribution >= 0.6 is 11.6 Å². The van der Waals surface area contributed by atoms with Crippen molar-refractivity contribution >= 4 is 17.4 Å². The molecule has 0 fully saturated rings. The van der Waals surface area contributed by atoms with Crippen LogP contribution in [0.5, 0.6) is 0 Å². The zero-order valence-electron chi connectivity index (χ0n) is 10.9. The number of aryl methyl sites for hydroxylation is 1. The van der Waals surface area contributed by atoms with Crippen molar-refractivity contribution in [2.45, 2.75) is 46.5 Å². The molecule has 0 spiro atoms. The molecule has 0 aliphatic rings. The Hall–Kier alpha value is -0.820. The number of hydrogen-bond donors (Lipinski definition) is 0. The Morgan fingerprint density at radius 2 is 1.82 bits per heavy atom. The molecule has 2 heteroatoms. The van der Waals surface area contributed by atoms with Gasteiger partial charge in [-0.3, -0.25) is 4.79 Å². The molecule has 0 radical (unpaired) electrons. The first-order valence-corrected chi connectivity index (χ1v) is 6.78. The molecule has 0 amide bonds. The van der Waals surface area contributed by atoms with Gasteiger partial charge in [0.15, 0.2) is 5.78 Å². The highest BCUT2D eigenvalue weighted by Crippen LogP contribution is 2.23. The first-order chi connectivity index (χ1) is 8.10. The van der Waals surface area contributed by atoms with E-state index in [2.05, 4.69) is 13.8 Å². The van der Waals surface area contributed by atoms with Crippen LogP contribution in [-0.4, -0.2) is 5.78 Å². The molecule has 1 aromatic carbocycles. The highest BCUT2D eigenvalue weighted by molar-refractivity contribution is 6.31. The molecular weight excluding hydrogens is 232 g/mol. The minimum atomic E-state index is 0.155. The predicted molar refractivity (Wildman–Crippen MR) is 73.8 cm³/mol. The maximum absolute atomic E-state index is 12.4. The molecule has 1 aromatic rings. The van der Waals surface area contributed by atoms with E-state index in [0.717, 1.165) is 36.8 Å². The number of Topliss-reactive ketones (excluding diaryl/α,β-unsaturated/α-hetero) is 1. The third kappa shape index (κ3) is 3.85. The Kier molecular flexibility index (Phi) is 5.70. The van der Waals surface area contributed by atoms with Crippen LogP contribution in [0.1, 0.15) is 55.5 Å². The van der Waals surface area contributed by atoms with Crippen LogP contribution in [-0.2, 0) is 0 Å². The minimum Gasteiger partial charge on any atom is -0.294 e. The van der Waals surface area contributed by atoms with Gasteiger partial charge in [-0.1, -0.05) is 44.4 Å². The molecule has 0 heterocycles. The molecule has 17 heavy (non-hydrogen) atoms. The summed E-state index contributed by atoms with van der Waals surface area (Å²) in [4.78, 5) is 12.4. The van der Waals surface area contributed by atoms with E-state index in [4.69, 9.17) is 11.6 Å². The molecular formula is C15H21ClO. The summed E-state index contributed by atoms with van der Waals surface area (Å²) in [5.74, 6) is 0.413. The van der Waals surface area contributed by atoms with E-state index in [-0.39, 0.29) is 11.7 Å². The van der Waals surface area contributed by atoms with E-state index in [9.17, 15) is 4.79 Å². The van der Waals surface area contributed by atoms with Gasteiger partial charge >= 0.3 is 0 Å². The Morgan fingerprint density at radius 1 is 1.24 bits per heavy atom. The first-order valence-electron chi connectivity index (χ1n) is 6.40. The fraction of sp³-hybridized carbons (Fsp3) is 0.533. The smallest absolute Gasteiger partial charge is 0.166 e. The molecule has 0 bridgehead atoms. The van der Waals surface area contributed by atoms with Gasteiger partial charge in [-0.05, 0) is 37.5 Å². The molecule has 0 saturated heterocycles. The van der Waals surface area contributed by atoms with Gasteiger partial charge in [-0.25, -0.2) is 0 Å². The SMILES string of the molecule is CCCC(CCC)C(=O)c1cc(Cl)ccc1C. The summed E-state index contributed by atoms with van der Waals surface area (Å²) < 4.78 is 0. The molecule has 0 atom stereocenters. The number of carbonyl (C=O) groups excluding carboxylic acids is 1. The fourth-order valence-corrected chi connectivity index (χ4v) is 2.36. The molecule has 1 rings (SSSR count). The Labute approximate surface area is 109 Å². The lowest BCUT2D eigenvalue weighted by Crippen LogP contribution is -2.15. The summed E-state index contributed by atoms with van der Waals surface area (Å²) in [7, 11) is 0. The van der Waals surface area contributed by atoms with Gasteiger partial charge in [0.05, 0.1) is 0 Å². The van der Waals surface area contributed by atoms with Crippen molar-refractivity contribution in [3.8, 4) is 0 Å². The molecule has 94 valence electrons. The monoisotopic (exact) mass is 252 g/mol. The van der Waals surface area contributed by atoms with Gasteiger partial charge in [-0.15, -0.1) is 0 Å². The summed E-state index contributed by atoms with van der Waals surface area (Å²) in [6, 6.07) is 5.56. The molecule has 1 nitrogen and oxygen atoms in total. The van der Waals surface area contributed by atoms with Crippen LogP contribution in [0.3, 0.4) is 0 Å².